The Morgan fingerprint density at radius 2 is 1.94 bits per heavy atom. The summed E-state index contributed by atoms with van der Waals surface area (Å²) in [4.78, 5) is 11.1. The zero-order valence-corrected chi connectivity index (χ0v) is 11.4. The Bertz CT molecular complexity index is 361. The van der Waals surface area contributed by atoms with Gasteiger partial charge in [0.05, 0.1) is 7.11 Å². The number of likely N-dealkylation sites (N-methyl/N-ethyl adjacent to an activating group) is 1. The van der Waals surface area contributed by atoms with E-state index in [1.165, 1.54) is 18.5 Å². The van der Waals surface area contributed by atoms with Gasteiger partial charge in [-0.05, 0) is 18.8 Å². The highest BCUT2D eigenvalue weighted by Gasteiger charge is 2.30. The first-order valence-electron chi connectivity index (χ1n) is 5.66. The molecule has 0 bridgehead atoms. The monoisotopic (exact) mass is 264 g/mol. The largest absolute Gasteiger partial charge is 0.468 e. The quantitative estimate of drug-likeness (QED) is 0.674. The number of hydrogen-bond donors (Lipinski definition) is 0. The average molecular weight is 264 g/mol. The number of carbonyl (C=O) groups excluding carboxylic acids is 1. The number of piperidine rings is 1. The second-order valence-corrected chi connectivity index (χ2v) is 6.46. The van der Waals surface area contributed by atoms with E-state index >= 15 is 0 Å². The number of nitrogens with zero attached hydrogens (tertiary/aromatic N) is 2. The number of esters is 1. The average Bonchev–Trinajstić information content (AvgIpc) is 2.29. The van der Waals surface area contributed by atoms with Crippen LogP contribution in [0.4, 0.5) is 0 Å². The zero-order chi connectivity index (χ0) is 13.1. The summed E-state index contributed by atoms with van der Waals surface area (Å²) in [6.07, 6.45) is 1.73. The van der Waals surface area contributed by atoms with Crippen LogP contribution in [0.3, 0.4) is 0 Å². The van der Waals surface area contributed by atoms with Gasteiger partial charge in [-0.15, -0.1) is 0 Å². The standard InChI is InChI=1S/C10H20N2O4S/c1-9-4-6-12(7-5-9)17(14,15)11(2)8-10(13)16-3/h9H,4-8H2,1-3H3. The molecule has 0 radical (unpaired) electrons. The lowest BCUT2D eigenvalue weighted by Crippen LogP contribution is -2.47. The van der Waals surface area contributed by atoms with Gasteiger partial charge in [-0.25, -0.2) is 0 Å². The van der Waals surface area contributed by atoms with Crippen LogP contribution in [-0.2, 0) is 19.7 Å². The summed E-state index contributed by atoms with van der Waals surface area (Å²) in [5.74, 6) is 0.00816. The topological polar surface area (TPSA) is 66.9 Å². The van der Waals surface area contributed by atoms with Crippen LogP contribution in [0, 0.1) is 5.92 Å². The molecule has 0 unspecified atom stereocenters. The Morgan fingerprint density at radius 3 is 2.41 bits per heavy atom. The lowest BCUT2D eigenvalue weighted by Gasteiger charge is -2.32. The Kier molecular flexibility index (Phi) is 4.91. The van der Waals surface area contributed by atoms with Crippen LogP contribution in [0.2, 0.25) is 0 Å². The van der Waals surface area contributed by atoms with Gasteiger partial charge in [0.1, 0.15) is 6.54 Å². The molecular weight excluding hydrogens is 244 g/mol. The Balaban J connectivity index is 2.64. The number of ether oxygens (including phenoxy) is 1. The molecule has 0 aliphatic carbocycles. The van der Waals surface area contributed by atoms with Gasteiger partial charge >= 0.3 is 5.97 Å². The number of hydrogen-bond acceptors (Lipinski definition) is 4. The summed E-state index contributed by atoms with van der Waals surface area (Å²) in [6, 6.07) is 0. The minimum absolute atomic E-state index is 0.245. The Morgan fingerprint density at radius 1 is 1.41 bits per heavy atom. The lowest BCUT2D eigenvalue weighted by atomic mass is 10.0. The summed E-state index contributed by atoms with van der Waals surface area (Å²) in [5, 5.41) is 0. The summed E-state index contributed by atoms with van der Waals surface area (Å²) in [6.45, 7) is 2.91. The van der Waals surface area contributed by atoms with Crippen molar-refractivity contribution in [2.75, 3.05) is 33.8 Å². The molecule has 1 heterocycles. The normalized spacial score (nSPS) is 19.5. The minimum Gasteiger partial charge on any atom is -0.468 e. The van der Waals surface area contributed by atoms with Gasteiger partial charge in [-0.1, -0.05) is 6.92 Å². The van der Waals surface area contributed by atoms with E-state index in [2.05, 4.69) is 11.7 Å². The number of rotatable bonds is 4. The number of methoxy groups -OCH3 is 1. The summed E-state index contributed by atoms with van der Waals surface area (Å²) >= 11 is 0. The highest BCUT2D eigenvalue weighted by molar-refractivity contribution is 7.86. The van der Waals surface area contributed by atoms with Crippen molar-refractivity contribution < 1.29 is 17.9 Å². The maximum Gasteiger partial charge on any atom is 0.321 e. The maximum absolute atomic E-state index is 12.1. The fourth-order valence-electron chi connectivity index (χ4n) is 1.74. The fourth-order valence-corrected chi connectivity index (χ4v) is 3.08. The maximum atomic E-state index is 12.1. The van der Waals surface area contributed by atoms with Crippen molar-refractivity contribution >= 4 is 16.2 Å². The molecule has 0 spiro atoms. The van der Waals surface area contributed by atoms with Crippen LogP contribution in [0.15, 0.2) is 0 Å². The van der Waals surface area contributed by atoms with E-state index in [9.17, 15) is 13.2 Å². The molecule has 17 heavy (non-hydrogen) atoms. The SMILES string of the molecule is COC(=O)CN(C)S(=O)(=O)N1CCC(C)CC1. The molecule has 7 heteroatoms. The van der Waals surface area contributed by atoms with Crippen LogP contribution in [0.1, 0.15) is 19.8 Å². The van der Waals surface area contributed by atoms with Crippen molar-refractivity contribution in [3.63, 3.8) is 0 Å². The molecule has 0 aromatic carbocycles. The molecule has 1 rings (SSSR count). The van der Waals surface area contributed by atoms with Crippen LogP contribution in [0.5, 0.6) is 0 Å². The molecule has 1 aliphatic rings. The molecule has 0 saturated carbocycles. The van der Waals surface area contributed by atoms with Crippen molar-refractivity contribution in [1.82, 2.24) is 8.61 Å². The van der Waals surface area contributed by atoms with Crippen LogP contribution in [-0.4, -0.2) is 56.8 Å². The third-order valence-corrected chi connectivity index (χ3v) is 4.98. The van der Waals surface area contributed by atoms with Gasteiger partial charge < -0.3 is 4.74 Å². The van der Waals surface area contributed by atoms with Crippen LogP contribution < -0.4 is 0 Å². The Hall–Kier alpha value is -0.660. The second kappa shape index (κ2) is 5.79. The van der Waals surface area contributed by atoms with E-state index in [0.29, 0.717) is 19.0 Å². The van der Waals surface area contributed by atoms with Crippen LogP contribution in [0.25, 0.3) is 0 Å². The molecule has 0 aromatic heterocycles. The summed E-state index contributed by atoms with van der Waals surface area (Å²) in [5.41, 5.74) is 0. The third-order valence-electron chi connectivity index (χ3n) is 3.04. The van der Waals surface area contributed by atoms with E-state index in [1.807, 2.05) is 0 Å². The van der Waals surface area contributed by atoms with Crippen LogP contribution >= 0.6 is 0 Å². The summed E-state index contributed by atoms with van der Waals surface area (Å²) in [7, 11) is -0.890. The molecule has 100 valence electrons. The summed E-state index contributed by atoms with van der Waals surface area (Å²) < 4.78 is 31.1. The van der Waals surface area contributed by atoms with Crippen molar-refractivity contribution in [3.05, 3.63) is 0 Å². The molecule has 6 nitrogen and oxygen atoms in total. The van der Waals surface area contributed by atoms with Gasteiger partial charge in [0.2, 0.25) is 0 Å². The van der Waals surface area contributed by atoms with Gasteiger partial charge in [0.15, 0.2) is 0 Å². The Labute approximate surface area is 103 Å². The first-order chi connectivity index (χ1) is 7.87. The molecule has 0 atom stereocenters. The molecule has 0 N–H and O–H groups in total. The highest BCUT2D eigenvalue weighted by Crippen LogP contribution is 2.19. The second-order valence-electron chi connectivity index (χ2n) is 4.42. The molecule has 0 aromatic rings. The molecule has 1 saturated heterocycles. The zero-order valence-electron chi connectivity index (χ0n) is 10.5. The predicted octanol–water partition coefficient (Wildman–Crippen LogP) is 0.0679. The number of carbonyl (C=O) groups is 1. The fraction of sp³-hybridized carbons (Fsp3) is 0.900. The van der Waals surface area contributed by atoms with Crippen molar-refractivity contribution in [3.8, 4) is 0 Å². The third kappa shape index (κ3) is 3.65. The van der Waals surface area contributed by atoms with E-state index in [1.54, 1.807) is 0 Å². The molecular formula is C10H20N2O4S. The molecule has 0 amide bonds. The van der Waals surface area contributed by atoms with Gasteiger partial charge in [0, 0.05) is 20.1 Å². The van der Waals surface area contributed by atoms with E-state index in [0.717, 1.165) is 17.1 Å². The highest BCUT2D eigenvalue weighted by atomic mass is 32.2. The predicted molar refractivity (Wildman–Crippen MR) is 63.5 cm³/mol. The van der Waals surface area contributed by atoms with Crippen molar-refractivity contribution in [1.29, 1.82) is 0 Å². The van der Waals surface area contributed by atoms with E-state index in [4.69, 9.17) is 0 Å². The van der Waals surface area contributed by atoms with Crippen molar-refractivity contribution in [2.24, 2.45) is 5.92 Å². The van der Waals surface area contributed by atoms with Gasteiger partial charge in [-0.2, -0.15) is 17.0 Å². The first-order valence-corrected chi connectivity index (χ1v) is 7.06. The lowest BCUT2D eigenvalue weighted by molar-refractivity contribution is -0.140. The van der Waals surface area contributed by atoms with E-state index < -0.39 is 16.2 Å². The first kappa shape index (κ1) is 14.4. The van der Waals surface area contributed by atoms with Gasteiger partial charge in [0.25, 0.3) is 10.2 Å². The smallest absolute Gasteiger partial charge is 0.321 e. The molecule has 1 fully saturated rings. The van der Waals surface area contributed by atoms with Gasteiger partial charge in [-0.3, -0.25) is 4.79 Å². The van der Waals surface area contributed by atoms with Crippen molar-refractivity contribution in [2.45, 2.75) is 19.8 Å². The molecule has 1 aliphatic heterocycles. The van der Waals surface area contributed by atoms with E-state index in [-0.39, 0.29) is 6.54 Å². The minimum atomic E-state index is -3.52.